The molecule has 19 heavy (non-hydrogen) atoms. The lowest BCUT2D eigenvalue weighted by molar-refractivity contribution is 0.397. The van der Waals surface area contributed by atoms with E-state index in [4.69, 9.17) is 4.74 Å². The van der Waals surface area contributed by atoms with Crippen LogP contribution in [0.5, 0.6) is 5.88 Å². The Morgan fingerprint density at radius 1 is 1.32 bits per heavy atom. The number of pyridine rings is 1. The van der Waals surface area contributed by atoms with Crippen LogP contribution in [0, 0.1) is 0 Å². The molecule has 7 heteroatoms. The molecule has 0 radical (unpaired) electrons. The van der Waals surface area contributed by atoms with Crippen LogP contribution in [0.15, 0.2) is 39.4 Å². The molecule has 0 aromatic carbocycles. The van der Waals surface area contributed by atoms with Gasteiger partial charge in [-0.05, 0) is 17.5 Å². The first-order chi connectivity index (χ1) is 9.20. The molecular weight excluding hydrogens is 266 g/mol. The quantitative estimate of drug-likeness (QED) is 0.761. The summed E-state index contributed by atoms with van der Waals surface area (Å²) in [7, 11) is 1.50. The van der Waals surface area contributed by atoms with E-state index in [9.17, 15) is 9.59 Å². The van der Waals surface area contributed by atoms with E-state index >= 15 is 0 Å². The topological polar surface area (TPSA) is 77.0 Å². The van der Waals surface area contributed by atoms with Gasteiger partial charge in [-0.2, -0.15) is 0 Å². The van der Waals surface area contributed by atoms with Crippen LogP contribution in [-0.2, 0) is 0 Å². The largest absolute Gasteiger partial charge is 0.481 e. The number of aromatic amines is 1. The minimum absolute atomic E-state index is 0.355. The maximum absolute atomic E-state index is 12.3. The first-order valence-corrected chi connectivity index (χ1v) is 6.31. The first-order valence-electron chi connectivity index (χ1n) is 5.43. The van der Waals surface area contributed by atoms with E-state index in [2.05, 4.69) is 9.97 Å². The van der Waals surface area contributed by atoms with Crippen LogP contribution in [0.1, 0.15) is 0 Å². The molecule has 3 heterocycles. The van der Waals surface area contributed by atoms with E-state index in [1.807, 2.05) is 0 Å². The lowest BCUT2D eigenvalue weighted by Crippen LogP contribution is -2.33. The van der Waals surface area contributed by atoms with Gasteiger partial charge >= 0.3 is 5.69 Å². The van der Waals surface area contributed by atoms with Gasteiger partial charge in [0.05, 0.1) is 24.4 Å². The number of thiophene rings is 1. The summed E-state index contributed by atoms with van der Waals surface area (Å²) in [4.78, 5) is 31.5. The summed E-state index contributed by atoms with van der Waals surface area (Å²) in [5.41, 5.74) is -0.431. The number of nitrogens with zero attached hydrogens (tertiary/aromatic N) is 2. The molecule has 0 unspecified atom stereocenters. The zero-order chi connectivity index (χ0) is 13.4. The second-order valence-electron chi connectivity index (χ2n) is 3.79. The average Bonchev–Trinajstić information content (AvgIpc) is 2.88. The molecule has 0 amide bonds. The number of hydrogen-bond donors (Lipinski definition) is 1. The minimum Gasteiger partial charge on any atom is -0.481 e. The lowest BCUT2D eigenvalue weighted by Gasteiger charge is -2.05. The van der Waals surface area contributed by atoms with Crippen LogP contribution in [0.2, 0.25) is 0 Å². The molecule has 0 aliphatic carbocycles. The third-order valence-corrected chi connectivity index (χ3v) is 3.54. The summed E-state index contributed by atoms with van der Waals surface area (Å²) >= 11 is 1.32. The van der Waals surface area contributed by atoms with Crippen molar-refractivity contribution < 1.29 is 4.74 Å². The molecule has 0 spiro atoms. The molecule has 6 nitrogen and oxygen atoms in total. The molecule has 0 atom stereocenters. The number of nitrogens with one attached hydrogen (secondary N) is 1. The van der Waals surface area contributed by atoms with Crippen LogP contribution in [0.4, 0.5) is 0 Å². The van der Waals surface area contributed by atoms with Crippen molar-refractivity contribution in [3.8, 4) is 11.6 Å². The van der Waals surface area contributed by atoms with E-state index in [0.29, 0.717) is 21.8 Å². The predicted octanol–water partition coefficient (Wildman–Crippen LogP) is 1.14. The molecule has 0 aliphatic heterocycles. The van der Waals surface area contributed by atoms with Gasteiger partial charge in [-0.3, -0.25) is 9.78 Å². The fraction of sp³-hybridized carbons (Fsp3) is 0.0833. The van der Waals surface area contributed by atoms with Crippen LogP contribution < -0.4 is 16.0 Å². The van der Waals surface area contributed by atoms with Crippen molar-refractivity contribution in [2.45, 2.75) is 0 Å². The summed E-state index contributed by atoms with van der Waals surface area (Å²) in [5.74, 6) is 0.421. The van der Waals surface area contributed by atoms with Gasteiger partial charge < -0.3 is 4.74 Å². The van der Waals surface area contributed by atoms with E-state index in [1.165, 1.54) is 24.6 Å². The maximum Gasteiger partial charge on any atom is 0.334 e. The van der Waals surface area contributed by atoms with Crippen molar-refractivity contribution in [1.29, 1.82) is 0 Å². The Morgan fingerprint density at radius 3 is 2.84 bits per heavy atom. The van der Waals surface area contributed by atoms with Crippen molar-refractivity contribution in [3.05, 3.63) is 50.6 Å². The zero-order valence-corrected chi connectivity index (χ0v) is 10.7. The summed E-state index contributed by atoms with van der Waals surface area (Å²) in [6.07, 6.45) is 1.42. The van der Waals surface area contributed by atoms with Crippen molar-refractivity contribution in [1.82, 2.24) is 14.5 Å². The Morgan fingerprint density at radius 2 is 2.16 bits per heavy atom. The molecule has 3 aromatic rings. The first kappa shape index (κ1) is 11.7. The molecule has 0 aliphatic rings. The molecule has 96 valence electrons. The third-order valence-electron chi connectivity index (χ3n) is 2.71. The highest BCUT2D eigenvalue weighted by molar-refractivity contribution is 7.16. The van der Waals surface area contributed by atoms with Crippen LogP contribution in [-0.4, -0.2) is 21.6 Å². The van der Waals surface area contributed by atoms with Crippen LogP contribution >= 0.6 is 11.3 Å². The Balaban J connectivity index is 2.29. The van der Waals surface area contributed by atoms with Crippen molar-refractivity contribution >= 4 is 21.6 Å². The average molecular weight is 275 g/mol. The summed E-state index contributed by atoms with van der Waals surface area (Å²) in [5, 5.41) is 2.25. The van der Waals surface area contributed by atoms with Gasteiger partial charge in [0.1, 0.15) is 4.83 Å². The van der Waals surface area contributed by atoms with E-state index in [0.717, 1.165) is 4.57 Å². The second-order valence-corrected chi connectivity index (χ2v) is 4.71. The molecule has 3 rings (SSSR count). The van der Waals surface area contributed by atoms with E-state index < -0.39 is 5.69 Å². The van der Waals surface area contributed by atoms with Gasteiger partial charge in [-0.25, -0.2) is 14.3 Å². The molecular formula is C12H9N3O3S. The lowest BCUT2D eigenvalue weighted by atomic mass is 10.3. The Kier molecular flexibility index (Phi) is 2.68. The smallest absolute Gasteiger partial charge is 0.334 e. The number of rotatable bonds is 2. The highest BCUT2D eigenvalue weighted by Gasteiger charge is 2.10. The van der Waals surface area contributed by atoms with Gasteiger partial charge in [-0.15, -0.1) is 11.3 Å². The predicted molar refractivity (Wildman–Crippen MR) is 72.4 cm³/mol. The zero-order valence-electron chi connectivity index (χ0n) is 9.91. The normalized spacial score (nSPS) is 10.8. The number of fused-ring (bicyclic) bond motifs is 1. The van der Waals surface area contributed by atoms with Gasteiger partial charge in [0, 0.05) is 6.07 Å². The highest BCUT2D eigenvalue weighted by atomic mass is 32.1. The number of hydrogen-bond acceptors (Lipinski definition) is 5. The number of ether oxygens (including phenoxy) is 1. The van der Waals surface area contributed by atoms with E-state index in [-0.39, 0.29) is 5.56 Å². The number of methoxy groups -OCH3 is 1. The Labute approximate surface area is 110 Å². The SMILES string of the molecule is COc1ccc(-n2c(=O)[nH]c3sccc3c2=O)cn1. The van der Waals surface area contributed by atoms with Crippen molar-refractivity contribution in [2.75, 3.05) is 7.11 Å². The standard InChI is InChI=1S/C12H9N3O3S/c1-18-9-3-2-7(6-13-9)15-11(16)8-4-5-19-10(8)14-12(15)17/h2-6H,1H3,(H,14,17). The molecule has 0 saturated carbocycles. The molecule has 3 aromatic heterocycles. The fourth-order valence-electron chi connectivity index (χ4n) is 1.80. The third kappa shape index (κ3) is 1.84. The summed E-state index contributed by atoms with van der Waals surface area (Å²) in [6, 6.07) is 4.89. The summed E-state index contributed by atoms with van der Waals surface area (Å²) in [6.45, 7) is 0. The molecule has 0 fully saturated rings. The highest BCUT2D eigenvalue weighted by Crippen LogP contribution is 2.14. The second kappa shape index (κ2) is 4.36. The molecule has 0 bridgehead atoms. The Bertz CT molecular complexity index is 845. The van der Waals surface area contributed by atoms with Crippen molar-refractivity contribution in [3.63, 3.8) is 0 Å². The number of H-pyrrole nitrogens is 1. The molecule has 0 saturated heterocycles. The minimum atomic E-state index is -0.480. The Hall–Kier alpha value is -2.41. The van der Waals surface area contributed by atoms with Gasteiger partial charge in [0.15, 0.2) is 0 Å². The van der Waals surface area contributed by atoms with Crippen LogP contribution in [0.25, 0.3) is 15.9 Å². The summed E-state index contributed by atoms with van der Waals surface area (Å²) < 4.78 is 6.00. The van der Waals surface area contributed by atoms with Gasteiger partial charge in [0.25, 0.3) is 5.56 Å². The van der Waals surface area contributed by atoms with Crippen molar-refractivity contribution in [2.24, 2.45) is 0 Å². The maximum atomic E-state index is 12.3. The van der Waals surface area contributed by atoms with E-state index in [1.54, 1.807) is 23.6 Å². The number of aromatic nitrogens is 3. The van der Waals surface area contributed by atoms with Gasteiger partial charge in [-0.1, -0.05) is 0 Å². The van der Waals surface area contributed by atoms with Crippen LogP contribution in [0.3, 0.4) is 0 Å². The fourth-order valence-corrected chi connectivity index (χ4v) is 2.57. The van der Waals surface area contributed by atoms with Gasteiger partial charge in [0.2, 0.25) is 5.88 Å². The monoisotopic (exact) mass is 275 g/mol. The molecule has 1 N–H and O–H groups in total.